The number of pyridine rings is 1. The number of nitrogens with one attached hydrogen (secondary N) is 1. The third-order valence-electron chi connectivity index (χ3n) is 4.04. The number of nitrogens with zero attached hydrogens (tertiary/aromatic N) is 1. The summed E-state index contributed by atoms with van der Waals surface area (Å²) in [6, 6.07) is 8.95. The highest BCUT2D eigenvalue weighted by molar-refractivity contribution is 5.85. The molecule has 1 N–H and O–H groups in total. The minimum absolute atomic E-state index is 0.0314. The van der Waals surface area contributed by atoms with E-state index in [0.29, 0.717) is 23.4 Å². The molecular weight excluding hydrogens is 320 g/mol. The number of rotatable bonds is 5. The number of fused-ring (bicyclic) bond motifs is 1. The molecule has 3 aromatic rings. The molecule has 6 heteroatoms. The number of amides is 1. The van der Waals surface area contributed by atoms with Crippen molar-refractivity contribution < 1.29 is 13.9 Å². The van der Waals surface area contributed by atoms with Crippen LogP contribution in [0.2, 0.25) is 0 Å². The van der Waals surface area contributed by atoms with Gasteiger partial charge in [-0.05, 0) is 36.2 Å². The first-order valence-corrected chi connectivity index (χ1v) is 7.84. The smallest absolute Gasteiger partial charge is 0.340 e. The number of hydrogen-bond donors (Lipinski definition) is 1. The minimum atomic E-state index is -0.505. The molecule has 0 aliphatic heterocycles. The average Bonchev–Trinajstić information content (AvgIpc) is 2.63. The van der Waals surface area contributed by atoms with Crippen molar-refractivity contribution in [3.63, 3.8) is 0 Å². The molecule has 0 fully saturated rings. The van der Waals surface area contributed by atoms with Crippen LogP contribution in [0.25, 0.3) is 11.0 Å². The maximum absolute atomic E-state index is 12.3. The number of methoxy groups -OCH3 is 1. The first-order valence-electron chi connectivity index (χ1n) is 7.84. The second kappa shape index (κ2) is 7.17. The fourth-order valence-electron chi connectivity index (χ4n) is 2.63. The Bertz CT molecular complexity index is 964. The van der Waals surface area contributed by atoms with Crippen LogP contribution in [0.5, 0.6) is 5.75 Å². The average molecular weight is 338 g/mol. The fourth-order valence-corrected chi connectivity index (χ4v) is 2.63. The topological polar surface area (TPSA) is 81.4 Å². The molecule has 1 amide bonds. The quantitative estimate of drug-likeness (QED) is 0.722. The predicted molar refractivity (Wildman–Crippen MR) is 93.6 cm³/mol. The third kappa shape index (κ3) is 3.68. The molecule has 6 nitrogen and oxygen atoms in total. The summed E-state index contributed by atoms with van der Waals surface area (Å²) in [5.41, 5.74) is 1.94. The van der Waals surface area contributed by atoms with Crippen LogP contribution in [0.15, 0.2) is 51.9 Å². The summed E-state index contributed by atoms with van der Waals surface area (Å²) in [5.74, 6) is 0.365. The van der Waals surface area contributed by atoms with E-state index in [1.165, 1.54) is 0 Å². The van der Waals surface area contributed by atoms with Crippen LogP contribution in [-0.4, -0.2) is 18.0 Å². The lowest BCUT2D eigenvalue weighted by atomic mass is 10.0. The molecule has 0 saturated heterocycles. The zero-order valence-corrected chi connectivity index (χ0v) is 14.0. The number of ether oxygens (including phenoxy) is 1. The van der Waals surface area contributed by atoms with Crippen LogP contribution in [0.4, 0.5) is 0 Å². The van der Waals surface area contributed by atoms with Crippen LogP contribution in [0.3, 0.4) is 0 Å². The zero-order valence-electron chi connectivity index (χ0n) is 14.0. The molecule has 0 bridgehead atoms. The lowest BCUT2D eigenvalue weighted by Crippen LogP contribution is -2.27. The number of benzene rings is 1. The molecule has 1 aromatic carbocycles. The molecule has 25 heavy (non-hydrogen) atoms. The lowest BCUT2D eigenvalue weighted by Gasteiger charge is -2.09. The van der Waals surface area contributed by atoms with Gasteiger partial charge in [0.1, 0.15) is 11.3 Å². The van der Waals surface area contributed by atoms with Gasteiger partial charge in [0.05, 0.1) is 19.1 Å². The Morgan fingerprint density at radius 3 is 2.88 bits per heavy atom. The van der Waals surface area contributed by atoms with Gasteiger partial charge in [-0.25, -0.2) is 4.79 Å². The first kappa shape index (κ1) is 16.7. The van der Waals surface area contributed by atoms with E-state index in [2.05, 4.69) is 10.3 Å². The van der Waals surface area contributed by atoms with E-state index in [0.717, 1.165) is 16.5 Å². The van der Waals surface area contributed by atoms with Gasteiger partial charge in [0.2, 0.25) is 5.91 Å². The van der Waals surface area contributed by atoms with E-state index in [-0.39, 0.29) is 12.3 Å². The minimum Gasteiger partial charge on any atom is -0.497 e. The van der Waals surface area contributed by atoms with Crippen LogP contribution in [0.1, 0.15) is 16.7 Å². The summed E-state index contributed by atoms with van der Waals surface area (Å²) < 4.78 is 10.5. The molecular formula is C19H18N2O4. The maximum atomic E-state index is 12.3. The van der Waals surface area contributed by atoms with Crippen LogP contribution in [0, 0.1) is 6.92 Å². The summed E-state index contributed by atoms with van der Waals surface area (Å²) in [6.07, 6.45) is 3.32. The number of aromatic nitrogens is 1. The van der Waals surface area contributed by atoms with Crippen molar-refractivity contribution in [3.8, 4) is 5.75 Å². The van der Waals surface area contributed by atoms with Gasteiger partial charge >= 0.3 is 5.63 Å². The van der Waals surface area contributed by atoms with Crippen LogP contribution >= 0.6 is 0 Å². The Balaban J connectivity index is 1.81. The van der Waals surface area contributed by atoms with Gasteiger partial charge in [0, 0.05) is 30.4 Å². The van der Waals surface area contributed by atoms with Gasteiger partial charge in [-0.1, -0.05) is 6.07 Å². The molecule has 128 valence electrons. The van der Waals surface area contributed by atoms with Gasteiger partial charge in [-0.15, -0.1) is 0 Å². The normalized spacial score (nSPS) is 10.6. The number of hydrogen-bond acceptors (Lipinski definition) is 5. The monoisotopic (exact) mass is 338 g/mol. The van der Waals surface area contributed by atoms with Gasteiger partial charge in [0.25, 0.3) is 0 Å². The Morgan fingerprint density at radius 2 is 2.16 bits per heavy atom. The van der Waals surface area contributed by atoms with Crippen molar-refractivity contribution in [2.45, 2.75) is 19.9 Å². The SMILES string of the molecule is COc1ccc2c(C)c(CC(=O)NCc3cccnc3)c(=O)oc2c1. The molecule has 2 aromatic heterocycles. The molecule has 0 spiro atoms. The van der Waals surface area contributed by atoms with Crippen LogP contribution in [-0.2, 0) is 17.8 Å². The highest BCUT2D eigenvalue weighted by Gasteiger charge is 2.15. The molecule has 0 radical (unpaired) electrons. The third-order valence-corrected chi connectivity index (χ3v) is 4.04. The van der Waals surface area contributed by atoms with Crippen molar-refractivity contribution in [2.24, 2.45) is 0 Å². The summed E-state index contributed by atoms with van der Waals surface area (Å²) in [4.78, 5) is 28.5. The van der Waals surface area contributed by atoms with E-state index in [1.54, 1.807) is 37.7 Å². The van der Waals surface area contributed by atoms with Crippen LogP contribution < -0.4 is 15.7 Å². The lowest BCUT2D eigenvalue weighted by molar-refractivity contribution is -0.120. The van der Waals surface area contributed by atoms with Crippen molar-refractivity contribution in [1.82, 2.24) is 10.3 Å². The van der Waals surface area contributed by atoms with Crippen molar-refractivity contribution in [2.75, 3.05) is 7.11 Å². The summed E-state index contributed by atoms with van der Waals surface area (Å²) in [5, 5.41) is 3.58. The molecule has 0 aliphatic carbocycles. The van der Waals surface area contributed by atoms with Crippen molar-refractivity contribution >= 4 is 16.9 Å². The standard InChI is InChI=1S/C19H18N2O4/c1-12-15-6-5-14(24-2)8-17(15)25-19(23)16(12)9-18(22)21-11-13-4-3-7-20-10-13/h3-8,10H,9,11H2,1-2H3,(H,21,22). The Hall–Kier alpha value is -3.15. The molecule has 2 heterocycles. The molecule has 0 unspecified atom stereocenters. The van der Waals surface area contributed by atoms with E-state index in [4.69, 9.17) is 9.15 Å². The van der Waals surface area contributed by atoms with Gasteiger partial charge < -0.3 is 14.5 Å². The summed E-state index contributed by atoms with van der Waals surface area (Å²) in [6.45, 7) is 2.18. The van der Waals surface area contributed by atoms with E-state index >= 15 is 0 Å². The van der Waals surface area contributed by atoms with E-state index < -0.39 is 5.63 Å². The number of carbonyl (C=O) groups excluding carboxylic acids is 1. The van der Waals surface area contributed by atoms with Gasteiger partial charge in [-0.2, -0.15) is 0 Å². The highest BCUT2D eigenvalue weighted by atomic mass is 16.5. The number of aryl methyl sites for hydroxylation is 1. The Labute approximate surface area is 144 Å². The van der Waals surface area contributed by atoms with E-state index in [1.807, 2.05) is 19.1 Å². The van der Waals surface area contributed by atoms with Gasteiger partial charge in [-0.3, -0.25) is 9.78 Å². The fraction of sp³-hybridized carbons (Fsp3) is 0.211. The number of carbonyl (C=O) groups is 1. The first-order chi connectivity index (χ1) is 12.1. The molecule has 0 atom stereocenters. The summed E-state index contributed by atoms with van der Waals surface area (Å²) in [7, 11) is 1.55. The zero-order chi connectivity index (χ0) is 17.8. The molecule has 0 saturated carbocycles. The predicted octanol–water partition coefficient (Wildman–Crippen LogP) is 2.36. The van der Waals surface area contributed by atoms with Gasteiger partial charge in [0.15, 0.2) is 0 Å². The van der Waals surface area contributed by atoms with Crippen molar-refractivity contribution in [3.05, 3.63) is 69.8 Å². The molecule has 3 rings (SSSR count). The summed E-state index contributed by atoms with van der Waals surface area (Å²) >= 11 is 0. The van der Waals surface area contributed by atoms with Crippen molar-refractivity contribution in [1.29, 1.82) is 0 Å². The highest BCUT2D eigenvalue weighted by Crippen LogP contribution is 2.24. The Morgan fingerprint density at radius 1 is 1.32 bits per heavy atom. The maximum Gasteiger partial charge on any atom is 0.340 e. The largest absolute Gasteiger partial charge is 0.497 e. The Kier molecular flexibility index (Phi) is 4.79. The van der Waals surface area contributed by atoms with E-state index in [9.17, 15) is 9.59 Å². The molecule has 0 aliphatic rings. The second-order valence-electron chi connectivity index (χ2n) is 5.67. The second-order valence-corrected chi connectivity index (χ2v) is 5.67.